The molecule has 4 aromatic rings. The molecule has 6 heteroatoms. The Balaban J connectivity index is 1.87. The van der Waals surface area contributed by atoms with Crippen molar-refractivity contribution in [1.29, 1.82) is 0 Å². The predicted molar refractivity (Wildman–Crippen MR) is 137 cm³/mol. The van der Waals surface area contributed by atoms with Crippen molar-refractivity contribution in [2.75, 3.05) is 17.3 Å². The van der Waals surface area contributed by atoms with Gasteiger partial charge in [-0.25, -0.2) is 9.78 Å². The fraction of sp³-hybridized carbons (Fsp3) is 0.107. The standard InChI is InChI=1S/C28H22N2O3S/c1-2-33-25(32)17-24-30(23(31)18-34-24)28-26(19-11-5-3-6-12-19)21-15-9-10-16-22(21)29-27(28)20-13-7-4-8-14-20/h3-17H,2,18H2,1H3/b24-17+. The molecule has 168 valence electrons. The molecule has 0 unspecified atom stereocenters. The van der Waals surface area contributed by atoms with Gasteiger partial charge in [0.25, 0.3) is 0 Å². The summed E-state index contributed by atoms with van der Waals surface area (Å²) in [5.74, 6) is -0.339. The Bertz CT molecular complexity index is 1400. The van der Waals surface area contributed by atoms with Crippen molar-refractivity contribution in [3.8, 4) is 22.4 Å². The topological polar surface area (TPSA) is 59.5 Å². The van der Waals surface area contributed by atoms with Crippen LogP contribution in [-0.2, 0) is 14.3 Å². The van der Waals surface area contributed by atoms with E-state index in [4.69, 9.17) is 9.72 Å². The quantitative estimate of drug-likeness (QED) is 0.265. The van der Waals surface area contributed by atoms with Crippen LogP contribution >= 0.6 is 11.8 Å². The van der Waals surface area contributed by atoms with Crippen LogP contribution in [0.3, 0.4) is 0 Å². The lowest BCUT2D eigenvalue weighted by molar-refractivity contribution is -0.137. The summed E-state index contributed by atoms with van der Waals surface area (Å²) >= 11 is 1.33. The molecule has 1 fully saturated rings. The number of aromatic nitrogens is 1. The molecular formula is C28H22N2O3S. The summed E-state index contributed by atoms with van der Waals surface area (Å²) in [5.41, 5.74) is 4.94. The number of carbonyl (C=O) groups is 2. The highest BCUT2D eigenvalue weighted by molar-refractivity contribution is 8.04. The zero-order valence-electron chi connectivity index (χ0n) is 18.6. The highest BCUT2D eigenvalue weighted by Crippen LogP contribution is 2.47. The molecule has 0 aliphatic carbocycles. The van der Waals surface area contributed by atoms with Gasteiger partial charge in [-0.1, -0.05) is 90.6 Å². The molecule has 1 saturated heterocycles. The molecule has 2 heterocycles. The van der Waals surface area contributed by atoms with Gasteiger partial charge in [0.05, 0.1) is 40.4 Å². The van der Waals surface area contributed by atoms with Gasteiger partial charge in [0, 0.05) is 16.5 Å². The second kappa shape index (κ2) is 9.53. The number of hydrogen-bond acceptors (Lipinski definition) is 5. The lowest BCUT2D eigenvalue weighted by Gasteiger charge is -2.25. The fourth-order valence-electron chi connectivity index (χ4n) is 4.13. The number of benzene rings is 3. The predicted octanol–water partition coefficient (Wildman–Crippen LogP) is 6.05. The number of anilines is 1. The number of fused-ring (bicyclic) bond motifs is 1. The number of esters is 1. The summed E-state index contributed by atoms with van der Waals surface area (Å²) in [6, 6.07) is 27.7. The Hall–Kier alpha value is -3.90. The van der Waals surface area contributed by atoms with Crippen LogP contribution in [-0.4, -0.2) is 29.2 Å². The SMILES string of the molecule is CCOC(=O)/C=C1/SCC(=O)N1c1c(-c2ccccc2)nc2ccccc2c1-c1ccccc1. The van der Waals surface area contributed by atoms with Gasteiger partial charge in [-0.2, -0.15) is 0 Å². The summed E-state index contributed by atoms with van der Waals surface area (Å²) in [4.78, 5) is 32.3. The highest BCUT2D eigenvalue weighted by Gasteiger charge is 2.34. The molecule has 1 aliphatic rings. The zero-order valence-corrected chi connectivity index (χ0v) is 19.4. The van der Waals surface area contributed by atoms with Crippen molar-refractivity contribution in [2.45, 2.75) is 6.92 Å². The van der Waals surface area contributed by atoms with E-state index >= 15 is 0 Å². The Kier molecular flexibility index (Phi) is 6.14. The van der Waals surface area contributed by atoms with E-state index in [1.165, 1.54) is 17.8 Å². The Morgan fingerprint density at radius 2 is 1.62 bits per heavy atom. The molecule has 0 spiro atoms. The average Bonchev–Trinajstić information content (AvgIpc) is 3.23. The zero-order chi connectivity index (χ0) is 23.5. The molecule has 5 rings (SSSR count). The number of ether oxygens (including phenoxy) is 1. The number of para-hydroxylation sites is 1. The fourth-order valence-corrected chi connectivity index (χ4v) is 5.03. The first-order valence-electron chi connectivity index (χ1n) is 11.0. The van der Waals surface area contributed by atoms with Crippen molar-refractivity contribution in [3.63, 3.8) is 0 Å². The van der Waals surface area contributed by atoms with E-state index in [0.29, 0.717) is 16.4 Å². The van der Waals surface area contributed by atoms with Crippen LogP contribution < -0.4 is 4.90 Å². The highest BCUT2D eigenvalue weighted by atomic mass is 32.2. The van der Waals surface area contributed by atoms with Crippen molar-refractivity contribution in [3.05, 3.63) is 96.0 Å². The van der Waals surface area contributed by atoms with E-state index in [1.807, 2.05) is 84.9 Å². The smallest absolute Gasteiger partial charge is 0.333 e. The number of rotatable bonds is 5. The Morgan fingerprint density at radius 1 is 0.971 bits per heavy atom. The van der Waals surface area contributed by atoms with E-state index in [2.05, 4.69) is 0 Å². The van der Waals surface area contributed by atoms with Gasteiger partial charge in [0.15, 0.2) is 0 Å². The molecule has 0 radical (unpaired) electrons. The summed E-state index contributed by atoms with van der Waals surface area (Å²) < 4.78 is 5.14. The lowest BCUT2D eigenvalue weighted by atomic mass is 9.95. The molecule has 1 amide bonds. The van der Waals surface area contributed by atoms with Crippen LogP contribution in [0.4, 0.5) is 5.69 Å². The van der Waals surface area contributed by atoms with E-state index in [9.17, 15) is 9.59 Å². The van der Waals surface area contributed by atoms with Gasteiger partial charge in [-0.3, -0.25) is 9.69 Å². The third kappa shape index (κ3) is 4.08. The summed E-state index contributed by atoms with van der Waals surface area (Å²) in [7, 11) is 0. The second-order valence-corrected chi connectivity index (χ2v) is 8.68. The molecule has 0 saturated carbocycles. The van der Waals surface area contributed by atoms with Crippen LogP contribution in [0, 0.1) is 0 Å². The van der Waals surface area contributed by atoms with Crippen LogP contribution in [0.1, 0.15) is 6.92 Å². The number of pyridine rings is 1. The van der Waals surface area contributed by atoms with Crippen LogP contribution in [0.15, 0.2) is 96.0 Å². The maximum atomic E-state index is 13.3. The molecule has 0 N–H and O–H groups in total. The lowest BCUT2D eigenvalue weighted by Crippen LogP contribution is -2.26. The number of carbonyl (C=O) groups excluding carboxylic acids is 2. The maximum absolute atomic E-state index is 13.3. The summed E-state index contributed by atoms with van der Waals surface area (Å²) in [5, 5.41) is 1.47. The first-order valence-corrected chi connectivity index (χ1v) is 12.0. The third-order valence-electron chi connectivity index (χ3n) is 5.54. The van der Waals surface area contributed by atoms with E-state index in [-0.39, 0.29) is 18.3 Å². The number of thioether (sulfide) groups is 1. The van der Waals surface area contributed by atoms with Gasteiger partial charge < -0.3 is 4.74 Å². The Morgan fingerprint density at radius 3 is 2.32 bits per heavy atom. The van der Waals surface area contributed by atoms with Crippen LogP contribution in [0.2, 0.25) is 0 Å². The Labute approximate surface area is 202 Å². The minimum Gasteiger partial charge on any atom is -0.463 e. The summed E-state index contributed by atoms with van der Waals surface area (Å²) in [6.45, 7) is 2.03. The van der Waals surface area contributed by atoms with E-state index < -0.39 is 5.97 Å². The normalized spacial score (nSPS) is 14.7. The number of amides is 1. The molecule has 0 bridgehead atoms. The first-order chi connectivity index (χ1) is 16.7. The molecule has 34 heavy (non-hydrogen) atoms. The van der Waals surface area contributed by atoms with Gasteiger partial charge in [-0.05, 0) is 18.6 Å². The molecule has 3 aromatic carbocycles. The van der Waals surface area contributed by atoms with E-state index in [0.717, 1.165) is 27.6 Å². The summed E-state index contributed by atoms with van der Waals surface area (Å²) in [6.07, 6.45) is 1.40. The second-order valence-electron chi connectivity index (χ2n) is 7.69. The third-order valence-corrected chi connectivity index (χ3v) is 6.53. The monoisotopic (exact) mass is 466 g/mol. The van der Waals surface area contributed by atoms with E-state index in [1.54, 1.807) is 11.8 Å². The minimum atomic E-state index is -0.471. The van der Waals surface area contributed by atoms with Crippen LogP contribution in [0.25, 0.3) is 33.3 Å². The number of nitrogens with zero attached hydrogens (tertiary/aromatic N) is 2. The molecule has 1 aromatic heterocycles. The first kappa shape index (κ1) is 21.9. The average molecular weight is 467 g/mol. The van der Waals surface area contributed by atoms with Gasteiger partial charge >= 0.3 is 5.97 Å². The number of hydrogen-bond donors (Lipinski definition) is 0. The molecule has 0 atom stereocenters. The van der Waals surface area contributed by atoms with Crippen molar-refractivity contribution < 1.29 is 14.3 Å². The van der Waals surface area contributed by atoms with Gasteiger partial charge in [0.2, 0.25) is 5.91 Å². The van der Waals surface area contributed by atoms with Crippen molar-refractivity contribution in [1.82, 2.24) is 4.98 Å². The van der Waals surface area contributed by atoms with Crippen LogP contribution in [0.5, 0.6) is 0 Å². The van der Waals surface area contributed by atoms with Gasteiger partial charge in [-0.15, -0.1) is 0 Å². The molecular weight excluding hydrogens is 444 g/mol. The largest absolute Gasteiger partial charge is 0.463 e. The molecule has 1 aliphatic heterocycles. The molecule has 5 nitrogen and oxygen atoms in total. The van der Waals surface area contributed by atoms with Crippen molar-refractivity contribution >= 4 is 40.2 Å². The minimum absolute atomic E-state index is 0.105. The van der Waals surface area contributed by atoms with Gasteiger partial charge in [0.1, 0.15) is 0 Å². The maximum Gasteiger partial charge on any atom is 0.333 e. The van der Waals surface area contributed by atoms with Crippen molar-refractivity contribution in [2.24, 2.45) is 0 Å².